The molecule has 0 aromatic carbocycles. The van der Waals surface area contributed by atoms with Crippen LogP contribution < -0.4 is 0 Å². The van der Waals surface area contributed by atoms with E-state index >= 15 is 0 Å². The summed E-state index contributed by atoms with van der Waals surface area (Å²) >= 11 is 0. The molecule has 82 valence electrons. The van der Waals surface area contributed by atoms with E-state index in [4.69, 9.17) is 0 Å². The second-order valence-corrected chi connectivity index (χ2v) is 4.86. The first-order chi connectivity index (χ1) is 6.92. The van der Waals surface area contributed by atoms with Gasteiger partial charge in [0.2, 0.25) is 0 Å². The Hall–Kier alpha value is -0.0800. The molecule has 2 nitrogen and oxygen atoms in total. The minimum Gasteiger partial charge on any atom is -0.395 e. The number of rotatable bonds is 2. The Morgan fingerprint density at radius 3 is 2.36 bits per heavy atom. The third-order valence-electron chi connectivity index (χ3n) is 3.93. The molecule has 1 aliphatic carbocycles. The molecule has 2 fully saturated rings. The number of hydrogen-bond donors (Lipinski definition) is 1. The fraction of sp³-hybridized carbons (Fsp3) is 1.00. The smallest absolute Gasteiger partial charge is 0.0586 e. The first-order valence-electron chi connectivity index (χ1n) is 6.28. The van der Waals surface area contributed by atoms with Crippen molar-refractivity contribution in [1.82, 2.24) is 4.90 Å². The van der Waals surface area contributed by atoms with E-state index in [1.807, 2.05) is 0 Å². The van der Waals surface area contributed by atoms with E-state index in [2.05, 4.69) is 4.90 Å². The van der Waals surface area contributed by atoms with Gasteiger partial charge in [-0.15, -0.1) is 0 Å². The zero-order chi connectivity index (χ0) is 9.80. The summed E-state index contributed by atoms with van der Waals surface area (Å²) in [6.07, 6.45) is 10.8. The molecule has 1 atom stereocenters. The van der Waals surface area contributed by atoms with Crippen LogP contribution in [0.3, 0.4) is 0 Å². The highest BCUT2D eigenvalue weighted by atomic mass is 16.3. The Balaban J connectivity index is 1.91. The van der Waals surface area contributed by atoms with E-state index in [0.717, 1.165) is 6.04 Å². The van der Waals surface area contributed by atoms with Crippen molar-refractivity contribution in [1.29, 1.82) is 0 Å². The van der Waals surface area contributed by atoms with Crippen LogP contribution in [0.1, 0.15) is 51.4 Å². The quantitative estimate of drug-likeness (QED) is 0.733. The molecule has 0 bridgehead atoms. The van der Waals surface area contributed by atoms with Crippen LogP contribution in [-0.2, 0) is 0 Å². The van der Waals surface area contributed by atoms with Gasteiger partial charge in [0.05, 0.1) is 6.61 Å². The van der Waals surface area contributed by atoms with Crippen LogP contribution in [0.25, 0.3) is 0 Å². The maximum atomic E-state index is 9.35. The highest BCUT2D eigenvalue weighted by molar-refractivity contribution is 4.84. The van der Waals surface area contributed by atoms with E-state index in [-0.39, 0.29) is 0 Å². The Kier molecular flexibility index (Phi) is 3.82. The highest BCUT2D eigenvalue weighted by Gasteiger charge is 2.28. The zero-order valence-electron chi connectivity index (χ0n) is 9.12. The minimum atomic E-state index is 0.372. The summed E-state index contributed by atoms with van der Waals surface area (Å²) in [5, 5.41) is 9.35. The van der Waals surface area contributed by atoms with Crippen molar-refractivity contribution in [3.05, 3.63) is 0 Å². The number of aliphatic hydroxyl groups is 1. The lowest BCUT2D eigenvalue weighted by Gasteiger charge is -2.42. The first-order valence-corrected chi connectivity index (χ1v) is 6.28. The van der Waals surface area contributed by atoms with Crippen LogP contribution in [0.15, 0.2) is 0 Å². The molecule has 0 aromatic rings. The molecule has 2 aliphatic rings. The van der Waals surface area contributed by atoms with Crippen molar-refractivity contribution in [2.24, 2.45) is 0 Å². The summed E-state index contributed by atoms with van der Waals surface area (Å²) in [7, 11) is 0. The van der Waals surface area contributed by atoms with Crippen LogP contribution in [-0.4, -0.2) is 35.2 Å². The molecule has 2 rings (SSSR count). The van der Waals surface area contributed by atoms with Gasteiger partial charge in [-0.1, -0.05) is 25.7 Å². The number of aliphatic hydroxyl groups excluding tert-OH is 1. The van der Waals surface area contributed by atoms with Gasteiger partial charge in [0, 0.05) is 12.1 Å². The lowest BCUT2D eigenvalue weighted by Crippen LogP contribution is -2.48. The lowest BCUT2D eigenvalue weighted by molar-refractivity contribution is 0.0384. The van der Waals surface area contributed by atoms with Gasteiger partial charge in [-0.05, 0) is 32.2 Å². The van der Waals surface area contributed by atoms with E-state index in [1.165, 1.54) is 57.9 Å². The molecule has 1 unspecified atom stereocenters. The summed E-state index contributed by atoms with van der Waals surface area (Å²) in [6, 6.07) is 1.27. The topological polar surface area (TPSA) is 23.5 Å². The van der Waals surface area contributed by atoms with Crippen molar-refractivity contribution in [3.63, 3.8) is 0 Å². The van der Waals surface area contributed by atoms with Crippen LogP contribution >= 0.6 is 0 Å². The average molecular weight is 197 g/mol. The van der Waals surface area contributed by atoms with E-state index < -0.39 is 0 Å². The maximum absolute atomic E-state index is 9.35. The number of piperidine rings is 1. The Morgan fingerprint density at radius 2 is 1.64 bits per heavy atom. The summed E-state index contributed by atoms with van der Waals surface area (Å²) in [6.45, 7) is 1.60. The summed E-state index contributed by atoms with van der Waals surface area (Å²) in [5.74, 6) is 0. The Morgan fingerprint density at radius 1 is 0.929 bits per heavy atom. The molecule has 0 aromatic heterocycles. The van der Waals surface area contributed by atoms with Gasteiger partial charge >= 0.3 is 0 Å². The Bertz CT molecular complexity index is 166. The molecular weight excluding hydrogens is 174 g/mol. The van der Waals surface area contributed by atoms with Gasteiger partial charge in [0.25, 0.3) is 0 Å². The zero-order valence-corrected chi connectivity index (χ0v) is 9.12. The predicted molar refractivity (Wildman–Crippen MR) is 58.3 cm³/mol. The SMILES string of the molecule is OCC1CCCCN1C1CCCCC1. The standard InChI is InChI=1S/C12H23NO/c14-10-12-8-4-5-9-13(12)11-6-2-1-3-7-11/h11-12,14H,1-10H2. The van der Waals surface area contributed by atoms with Crippen LogP contribution in [0.2, 0.25) is 0 Å². The fourth-order valence-electron chi connectivity index (χ4n) is 3.11. The van der Waals surface area contributed by atoms with E-state index in [0.29, 0.717) is 12.6 Å². The summed E-state index contributed by atoms with van der Waals surface area (Å²) in [4.78, 5) is 2.60. The monoisotopic (exact) mass is 197 g/mol. The summed E-state index contributed by atoms with van der Waals surface area (Å²) in [5.41, 5.74) is 0. The van der Waals surface area contributed by atoms with E-state index in [9.17, 15) is 5.11 Å². The van der Waals surface area contributed by atoms with Gasteiger partial charge in [-0.25, -0.2) is 0 Å². The first kappa shape index (κ1) is 10.4. The predicted octanol–water partition coefficient (Wildman–Crippen LogP) is 2.17. The molecule has 1 saturated heterocycles. The molecule has 0 spiro atoms. The van der Waals surface area contributed by atoms with Crippen molar-refractivity contribution in [2.75, 3.05) is 13.2 Å². The van der Waals surface area contributed by atoms with Gasteiger partial charge in [0.1, 0.15) is 0 Å². The molecule has 1 N–H and O–H groups in total. The largest absolute Gasteiger partial charge is 0.395 e. The summed E-state index contributed by atoms with van der Waals surface area (Å²) < 4.78 is 0. The van der Waals surface area contributed by atoms with Crippen LogP contribution in [0.5, 0.6) is 0 Å². The van der Waals surface area contributed by atoms with E-state index in [1.54, 1.807) is 0 Å². The van der Waals surface area contributed by atoms with Crippen molar-refractivity contribution in [3.8, 4) is 0 Å². The second kappa shape index (κ2) is 5.13. The molecule has 14 heavy (non-hydrogen) atoms. The molecule has 1 saturated carbocycles. The average Bonchev–Trinajstić information content (AvgIpc) is 2.30. The van der Waals surface area contributed by atoms with Gasteiger partial charge in [-0.2, -0.15) is 0 Å². The maximum Gasteiger partial charge on any atom is 0.0586 e. The molecule has 0 radical (unpaired) electrons. The highest BCUT2D eigenvalue weighted by Crippen LogP contribution is 2.28. The fourth-order valence-corrected chi connectivity index (χ4v) is 3.11. The van der Waals surface area contributed by atoms with Gasteiger partial charge in [0.15, 0.2) is 0 Å². The number of nitrogens with zero attached hydrogens (tertiary/aromatic N) is 1. The molecule has 0 amide bonds. The van der Waals surface area contributed by atoms with Crippen LogP contribution in [0, 0.1) is 0 Å². The van der Waals surface area contributed by atoms with Crippen molar-refractivity contribution < 1.29 is 5.11 Å². The number of hydrogen-bond acceptors (Lipinski definition) is 2. The number of likely N-dealkylation sites (tertiary alicyclic amines) is 1. The second-order valence-electron chi connectivity index (χ2n) is 4.86. The normalized spacial score (nSPS) is 31.9. The van der Waals surface area contributed by atoms with Gasteiger partial charge in [-0.3, -0.25) is 4.90 Å². The molecule has 2 heteroatoms. The molecule has 1 aliphatic heterocycles. The Labute approximate surface area is 87.3 Å². The van der Waals surface area contributed by atoms with Crippen molar-refractivity contribution >= 4 is 0 Å². The minimum absolute atomic E-state index is 0.372. The van der Waals surface area contributed by atoms with Crippen molar-refractivity contribution in [2.45, 2.75) is 63.5 Å². The molecule has 1 heterocycles. The van der Waals surface area contributed by atoms with Gasteiger partial charge < -0.3 is 5.11 Å². The lowest BCUT2D eigenvalue weighted by atomic mass is 9.90. The van der Waals surface area contributed by atoms with Crippen LogP contribution in [0.4, 0.5) is 0 Å². The molecular formula is C12H23NO. The third kappa shape index (κ3) is 2.29. The third-order valence-corrected chi connectivity index (χ3v) is 3.93.